The molecular weight excluding hydrogens is 279 g/mol. The summed E-state index contributed by atoms with van der Waals surface area (Å²) >= 11 is 9.29. The highest BCUT2D eigenvalue weighted by atomic mass is 79.9. The van der Waals surface area contributed by atoms with Gasteiger partial charge in [-0.25, -0.2) is 4.79 Å². The van der Waals surface area contributed by atoms with E-state index in [4.69, 9.17) is 11.6 Å². The third kappa shape index (κ3) is 2.26. The first-order chi connectivity index (χ1) is 7.18. The topological polar surface area (TPSA) is 32.3 Å². The Balaban J connectivity index is 2.28. The van der Waals surface area contributed by atoms with Gasteiger partial charge in [-0.05, 0) is 40.5 Å². The summed E-state index contributed by atoms with van der Waals surface area (Å²) in [5.41, 5.74) is 0.834. The molecule has 0 bridgehead atoms. The smallest absolute Gasteiger partial charge is 0.321 e. The molecule has 1 heterocycles. The molecule has 0 aliphatic carbocycles. The summed E-state index contributed by atoms with van der Waals surface area (Å²) < 4.78 is 0.838. The molecule has 0 aromatic heterocycles. The highest BCUT2D eigenvalue weighted by Gasteiger charge is 2.19. The molecule has 1 aliphatic rings. The quantitative estimate of drug-likeness (QED) is 0.847. The minimum Gasteiger partial charge on any atom is -0.338 e. The van der Waals surface area contributed by atoms with Gasteiger partial charge in [0.05, 0.1) is 5.02 Å². The number of urea groups is 1. The Morgan fingerprint density at radius 3 is 2.93 bits per heavy atom. The summed E-state index contributed by atoms with van der Waals surface area (Å²) in [6.07, 6.45) is 0.958. The Labute approximate surface area is 102 Å². The molecule has 1 aromatic carbocycles. The third-order valence-corrected chi connectivity index (χ3v) is 3.53. The lowest BCUT2D eigenvalue weighted by Crippen LogP contribution is -2.46. The molecule has 0 atom stereocenters. The number of halogens is 2. The maximum atomic E-state index is 11.6. The van der Waals surface area contributed by atoms with E-state index in [1.165, 1.54) is 0 Å². The van der Waals surface area contributed by atoms with Crippen LogP contribution in [-0.2, 0) is 0 Å². The second kappa shape index (κ2) is 4.41. The van der Waals surface area contributed by atoms with Crippen LogP contribution in [-0.4, -0.2) is 19.1 Å². The van der Waals surface area contributed by atoms with E-state index in [-0.39, 0.29) is 6.03 Å². The number of hydrogen-bond acceptors (Lipinski definition) is 1. The zero-order valence-corrected chi connectivity index (χ0v) is 10.3. The predicted octanol–water partition coefficient (Wildman–Crippen LogP) is 3.02. The van der Waals surface area contributed by atoms with Gasteiger partial charge in [-0.2, -0.15) is 0 Å². The Kier molecular flexibility index (Phi) is 3.17. The number of hydrogen-bond donors (Lipinski definition) is 1. The van der Waals surface area contributed by atoms with E-state index < -0.39 is 0 Å². The van der Waals surface area contributed by atoms with E-state index in [2.05, 4.69) is 21.2 Å². The van der Waals surface area contributed by atoms with Gasteiger partial charge in [-0.3, -0.25) is 4.90 Å². The number of rotatable bonds is 1. The maximum Gasteiger partial charge on any atom is 0.321 e. The predicted molar refractivity (Wildman–Crippen MR) is 64.5 cm³/mol. The highest BCUT2D eigenvalue weighted by Crippen LogP contribution is 2.28. The normalized spacial score (nSPS) is 16.4. The zero-order chi connectivity index (χ0) is 10.8. The first kappa shape index (κ1) is 10.8. The van der Waals surface area contributed by atoms with Crippen LogP contribution < -0.4 is 10.2 Å². The summed E-state index contributed by atoms with van der Waals surface area (Å²) in [5, 5.41) is 3.41. The molecule has 3 nitrogen and oxygen atoms in total. The number of anilines is 1. The van der Waals surface area contributed by atoms with Gasteiger partial charge in [0.2, 0.25) is 0 Å². The zero-order valence-electron chi connectivity index (χ0n) is 7.96. The lowest BCUT2D eigenvalue weighted by Gasteiger charge is -2.27. The molecule has 1 aromatic rings. The van der Waals surface area contributed by atoms with E-state index in [9.17, 15) is 4.79 Å². The monoisotopic (exact) mass is 288 g/mol. The van der Waals surface area contributed by atoms with Crippen LogP contribution in [0.1, 0.15) is 6.42 Å². The van der Waals surface area contributed by atoms with Gasteiger partial charge >= 0.3 is 6.03 Å². The average molecular weight is 290 g/mol. The minimum atomic E-state index is -0.0559. The first-order valence-electron chi connectivity index (χ1n) is 4.69. The number of nitrogens with zero attached hydrogens (tertiary/aromatic N) is 1. The largest absolute Gasteiger partial charge is 0.338 e. The second-order valence-corrected chi connectivity index (χ2v) is 4.60. The number of nitrogens with one attached hydrogen (secondary N) is 1. The highest BCUT2D eigenvalue weighted by molar-refractivity contribution is 9.10. The van der Waals surface area contributed by atoms with Crippen molar-refractivity contribution in [1.29, 1.82) is 0 Å². The van der Waals surface area contributed by atoms with Gasteiger partial charge in [0.1, 0.15) is 0 Å². The molecule has 1 fully saturated rings. The molecule has 0 unspecified atom stereocenters. The van der Waals surface area contributed by atoms with Crippen LogP contribution >= 0.6 is 27.5 Å². The van der Waals surface area contributed by atoms with Crippen molar-refractivity contribution >= 4 is 39.2 Å². The van der Waals surface area contributed by atoms with Crippen molar-refractivity contribution in [2.24, 2.45) is 0 Å². The van der Waals surface area contributed by atoms with E-state index in [1.54, 1.807) is 11.0 Å². The van der Waals surface area contributed by atoms with Crippen molar-refractivity contribution in [1.82, 2.24) is 5.32 Å². The Bertz CT molecular complexity index is 397. The van der Waals surface area contributed by atoms with E-state index in [0.29, 0.717) is 5.02 Å². The molecule has 5 heteroatoms. The van der Waals surface area contributed by atoms with E-state index in [0.717, 1.165) is 29.7 Å². The fourth-order valence-corrected chi connectivity index (χ4v) is 1.95. The van der Waals surface area contributed by atoms with Gasteiger partial charge in [-0.15, -0.1) is 0 Å². The molecule has 1 saturated heterocycles. The number of carbonyl (C=O) groups excluding carboxylic acids is 1. The van der Waals surface area contributed by atoms with Crippen molar-refractivity contribution < 1.29 is 4.79 Å². The minimum absolute atomic E-state index is 0.0559. The molecule has 2 amide bonds. The fourth-order valence-electron chi connectivity index (χ4n) is 1.53. The first-order valence-corrected chi connectivity index (χ1v) is 5.86. The van der Waals surface area contributed by atoms with Crippen LogP contribution in [0.25, 0.3) is 0 Å². The fraction of sp³-hybridized carbons (Fsp3) is 0.300. The van der Waals surface area contributed by atoms with Crippen molar-refractivity contribution in [2.45, 2.75) is 6.42 Å². The van der Waals surface area contributed by atoms with Gasteiger partial charge in [0.25, 0.3) is 0 Å². The lowest BCUT2D eigenvalue weighted by molar-refractivity contribution is 0.243. The molecule has 15 heavy (non-hydrogen) atoms. The Morgan fingerprint density at radius 1 is 1.47 bits per heavy atom. The van der Waals surface area contributed by atoms with E-state index in [1.807, 2.05) is 12.1 Å². The Hall–Kier alpha value is -0.740. The average Bonchev–Trinajstić information content (AvgIpc) is 2.23. The molecule has 1 N–H and O–H groups in total. The van der Waals surface area contributed by atoms with Crippen molar-refractivity contribution in [2.75, 3.05) is 18.0 Å². The van der Waals surface area contributed by atoms with Gasteiger partial charge in [-0.1, -0.05) is 11.6 Å². The summed E-state index contributed by atoms with van der Waals surface area (Å²) in [4.78, 5) is 13.2. The van der Waals surface area contributed by atoms with E-state index >= 15 is 0 Å². The molecule has 0 saturated carbocycles. The van der Waals surface area contributed by atoms with Crippen molar-refractivity contribution in [3.8, 4) is 0 Å². The molecular formula is C10H10BrClN2O. The van der Waals surface area contributed by atoms with Crippen LogP contribution in [0.5, 0.6) is 0 Å². The summed E-state index contributed by atoms with van der Waals surface area (Å²) in [7, 11) is 0. The van der Waals surface area contributed by atoms with Crippen LogP contribution in [0.4, 0.5) is 10.5 Å². The SMILES string of the molecule is O=C1NCCCN1c1ccc(Br)c(Cl)c1. The number of amides is 2. The van der Waals surface area contributed by atoms with Gasteiger partial charge < -0.3 is 5.32 Å². The lowest BCUT2D eigenvalue weighted by atomic mass is 10.2. The van der Waals surface area contributed by atoms with Crippen LogP contribution in [0.3, 0.4) is 0 Å². The molecule has 0 spiro atoms. The van der Waals surface area contributed by atoms with Crippen LogP contribution in [0.2, 0.25) is 5.02 Å². The van der Waals surface area contributed by atoms with Crippen LogP contribution in [0.15, 0.2) is 22.7 Å². The Morgan fingerprint density at radius 2 is 2.27 bits per heavy atom. The van der Waals surface area contributed by atoms with Gasteiger partial charge in [0, 0.05) is 23.2 Å². The van der Waals surface area contributed by atoms with Crippen molar-refractivity contribution in [3.63, 3.8) is 0 Å². The molecule has 1 aliphatic heterocycles. The van der Waals surface area contributed by atoms with Crippen LogP contribution in [0, 0.1) is 0 Å². The number of benzene rings is 1. The summed E-state index contributed by atoms with van der Waals surface area (Å²) in [6, 6.07) is 5.45. The third-order valence-electron chi connectivity index (χ3n) is 2.29. The number of carbonyl (C=O) groups is 1. The maximum absolute atomic E-state index is 11.6. The summed E-state index contributed by atoms with van der Waals surface area (Å²) in [6.45, 7) is 1.49. The van der Waals surface area contributed by atoms with Crippen molar-refractivity contribution in [3.05, 3.63) is 27.7 Å². The molecule has 0 radical (unpaired) electrons. The van der Waals surface area contributed by atoms with Gasteiger partial charge in [0.15, 0.2) is 0 Å². The molecule has 80 valence electrons. The molecule has 2 rings (SSSR count). The standard InChI is InChI=1S/C10H10BrClN2O/c11-8-3-2-7(6-9(8)12)14-5-1-4-13-10(14)15/h2-3,6H,1,4-5H2,(H,13,15). The summed E-state index contributed by atoms with van der Waals surface area (Å²) in [5.74, 6) is 0. The second-order valence-electron chi connectivity index (χ2n) is 3.34.